The van der Waals surface area contributed by atoms with Crippen LogP contribution in [0.25, 0.3) is 0 Å². The van der Waals surface area contributed by atoms with Gasteiger partial charge in [-0.3, -0.25) is 0 Å². The number of rotatable bonds is 6. The van der Waals surface area contributed by atoms with Crippen LogP contribution >= 0.6 is 11.6 Å². The van der Waals surface area contributed by atoms with Crippen molar-refractivity contribution < 1.29 is 5.11 Å². The van der Waals surface area contributed by atoms with Crippen molar-refractivity contribution in [2.75, 3.05) is 5.88 Å². The van der Waals surface area contributed by atoms with E-state index in [1.54, 1.807) is 0 Å². The molecule has 1 nitrogen and oxygen atoms in total. The number of aliphatic hydroxyl groups excluding tert-OH is 1. The normalized spacial score (nSPS) is 13.1. The van der Waals surface area contributed by atoms with Gasteiger partial charge in [0.2, 0.25) is 0 Å². The van der Waals surface area contributed by atoms with Crippen LogP contribution in [-0.4, -0.2) is 17.1 Å². The molecule has 0 saturated heterocycles. The maximum Gasteiger partial charge on any atom is 0.0581 e. The SMILES string of the molecule is CC(C)c1ccc(CC(O)CCCCl)cc1. The molecule has 16 heavy (non-hydrogen) atoms. The quantitative estimate of drug-likeness (QED) is 0.752. The van der Waals surface area contributed by atoms with E-state index in [-0.39, 0.29) is 6.10 Å². The van der Waals surface area contributed by atoms with Gasteiger partial charge in [0.05, 0.1) is 6.10 Å². The molecule has 0 aliphatic heterocycles. The molecule has 0 heterocycles. The van der Waals surface area contributed by atoms with Crippen molar-refractivity contribution in [1.82, 2.24) is 0 Å². The van der Waals surface area contributed by atoms with Gasteiger partial charge >= 0.3 is 0 Å². The van der Waals surface area contributed by atoms with Crippen LogP contribution in [0.1, 0.15) is 43.7 Å². The number of alkyl halides is 1. The van der Waals surface area contributed by atoms with Crippen molar-refractivity contribution in [3.8, 4) is 0 Å². The topological polar surface area (TPSA) is 20.2 Å². The molecule has 1 aromatic rings. The summed E-state index contributed by atoms with van der Waals surface area (Å²) < 4.78 is 0. The first kappa shape index (κ1) is 13.5. The smallest absolute Gasteiger partial charge is 0.0581 e. The summed E-state index contributed by atoms with van der Waals surface area (Å²) in [4.78, 5) is 0. The molecule has 0 radical (unpaired) electrons. The molecule has 0 aromatic heterocycles. The van der Waals surface area contributed by atoms with E-state index in [1.807, 2.05) is 0 Å². The summed E-state index contributed by atoms with van der Waals surface area (Å²) in [5, 5.41) is 9.75. The Hall–Kier alpha value is -0.530. The predicted molar refractivity (Wildman–Crippen MR) is 70.2 cm³/mol. The predicted octanol–water partition coefficient (Wildman–Crippen LogP) is 3.73. The van der Waals surface area contributed by atoms with Gasteiger partial charge in [-0.1, -0.05) is 38.1 Å². The van der Waals surface area contributed by atoms with Gasteiger partial charge in [-0.05, 0) is 36.3 Å². The summed E-state index contributed by atoms with van der Waals surface area (Å²) >= 11 is 5.59. The van der Waals surface area contributed by atoms with E-state index >= 15 is 0 Å². The summed E-state index contributed by atoms with van der Waals surface area (Å²) in [6.45, 7) is 4.37. The van der Waals surface area contributed by atoms with Crippen molar-refractivity contribution in [2.45, 2.75) is 45.1 Å². The molecule has 1 unspecified atom stereocenters. The Morgan fingerprint density at radius 2 is 1.81 bits per heavy atom. The molecule has 0 fully saturated rings. The van der Waals surface area contributed by atoms with E-state index in [1.165, 1.54) is 11.1 Å². The van der Waals surface area contributed by atoms with Gasteiger partial charge in [0.15, 0.2) is 0 Å². The van der Waals surface area contributed by atoms with Gasteiger partial charge in [-0.2, -0.15) is 0 Å². The molecule has 2 heteroatoms. The minimum atomic E-state index is -0.261. The summed E-state index contributed by atoms with van der Waals surface area (Å²) in [7, 11) is 0. The van der Waals surface area contributed by atoms with Crippen molar-refractivity contribution >= 4 is 11.6 Å². The average molecular weight is 241 g/mol. The Morgan fingerprint density at radius 1 is 1.19 bits per heavy atom. The third-order valence-corrected chi connectivity index (χ3v) is 3.06. The zero-order valence-electron chi connectivity index (χ0n) is 10.1. The Kier molecular flexibility index (Phi) is 5.86. The van der Waals surface area contributed by atoms with E-state index in [0.29, 0.717) is 11.8 Å². The first-order valence-corrected chi connectivity index (χ1v) is 6.49. The Morgan fingerprint density at radius 3 is 2.31 bits per heavy atom. The van der Waals surface area contributed by atoms with Crippen molar-refractivity contribution in [3.05, 3.63) is 35.4 Å². The lowest BCUT2D eigenvalue weighted by atomic mass is 9.99. The zero-order chi connectivity index (χ0) is 12.0. The number of aliphatic hydroxyl groups is 1. The fraction of sp³-hybridized carbons (Fsp3) is 0.571. The molecule has 0 spiro atoms. The van der Waals surface area contributed by atoms with E-state index < -0.39 is 0 Å². The van der Waals surface area contributed by atoms with Gasteiger partial charge in [0.25, 0.3) is 0 Å². The van der Waals surface area contributed by atoms with Crippen LogP contribution in [0.5, 0.6) is 0 Å². The molecule has 0 saturated carbocycles. The number of hydrogen-bond donors (Lipinski definition) is 1. The maximum absolute atomic E-state index is 9.75. The minimum absolute atomic E-state index is 0.261. The molecular formula is C14H21ClO. The highest BCUT2D eigenvalue weighted by Crippen LogP contribution is 2.16. The third-order valence-electron chi connectivity index (χ3n) is 2.79. The van der Waals surface area contributed by atoms with E-state index in [2.05, 4.69) is 38.1 Å². The Balaban J connectivity index is 2.48. The first-order valence-electron chi connectivity index (χ1n) is 5.96. The van der Waals surface area contributed by atoms with Crippen LogP contribution in [0.2, 0.25) is 0 Å². The van der Waals surface area contributed by atoms with Gasteiger partial charge in [0.1, 0.15) is 0 Å². The summed E-state index contributed by atoms with van der Waals surface area (Å²) in [6, 6.07) is 8.51. The van der Waals surface area contributed by atoms with Crippen LogP contribution in [0.4, 0.5) is 0 Å². The highest BCUT2D eigenvalue weighted by atomic mass is 35.5. The molecule has 0 bridgehead atoms. The highest BCUT2D eigenvalue weighted by molar-refractivity contribution is 6.17. The fourth-order valence-electron chi connectivity index (χ4n) is 1.73. The highest BCUT2D eigenvalue weighted by Gasteiger charge is 2.05. The molecular weight excluding hydrogens is 220 g/mol. The number of hydrogen-bond acceptors (Lipinski definition) is 1. The second-order valence-electron chi connectivity index (χ2n) is 4.59. The van der Waals surface area contributed by atoms with Crippen molar-refractivity contribution in [2.24, 2.45) is 0 Å². The van der Waals surface area contributed by atoms with E-state index in [0.717, 1.165) is 19.3 Å². The standard InChI is InChI=1S/C14H21ClO/c1-11(2)13-7-5-12(6-8-13)10-14(16)4-3-9-15/h5-8,11,14,16H,3-4,9-10H2,1-2H3. The molecule has 1 rings (SSSR count). The van der Waals surface area contributed by atoms with E-state index in [4.69, 9.17) is 11.6 Å². The monoisotopic (exact) mass is 240 g/mol. The summed E-state index contributed by atoms with van der Waals surface area (Å²) in [5.41, 5.74) is 2.55. The Labute approximate surface area is 103 Å². The second-order valence-corrected chi connectivity index (χ2v) is 4.96. The molecule has 1 atom stereocenters. The van der Waals surface area contributed by atoms with Gasteiger partial charge in [0, 0.05) is 5.88 Å². The molecule has 1 N–H and O–H groups in total. The van der Waals surface area contributed by atoms with Crippen LogP contribution in [-0.2, 0) is 6.42 Å². The van der Waals surface area contributed by atoms with Gasteiger partial charge < -0.3 is 5.11 Å². The number of halogens is 1. The van der Waals surface area contributed by atoms with Crippen LogP contribution in [0.15, 0.2) is 24.3 Å². The lowest BCUT2D eigenvalue weighted by molar-refractivity contribution is 0.164. The average Bonchev–Trinajstić information content (AvgIpc) is 2.27. The van der Waals surface area contributed by atoms with Gasteiger partial charge in [-0.15, -0.1) is 11.6 Å². The second kappa shape index (κ2) is 6.93. The maximum atomic E-state index is 9.75. The van der Waals surface area contributed by atoms with E-state index in [9.17, 15) is 5.11 Å². The van der Waals surface area contributed by atoms with Crippen molar-refractivity contribution in [1.29, 1.82) is 0 Å². The van der Waals surface area contributed by atoms with Gasteiger partial charge in [-0.25, -0.2) is 0 Å². The largest absolute Gasteiger partial charge is 0.393 e. The summed E-state index contributed by atoms with van der Waals surface area (Å²) in [6.07, 6.45) is 2.14. The van der Waals surface area contributed by atoms with Crippen molar-refractivity contribution in [3.63, 3.8) is 0 Å². The molecule has 0 aliphatic carbocycles. The molecule has 0 aliphatic rings. The lowest BCUT2D eigenvalue weighted by Gasteiger charge is -2.11. The third kappa shape index (κ3) is 4.54. The Bertz CT molecular complexity index is 292. The molecule has 0 amide bonds. The number of benzene rings is 1. The molecule has 1 aromatic carbocycles. The first-order chi connectivity index (χ1) is 7.63. The zero-order valence-corrected chi connectivity index (χ0v) is 10.9. The summed E-state index contributed by atoms with van der Waals surface area (Å²) in [5.74, 6) is 1.19. The lowest BCUT2D eigenvalue weighted by Crippen LogP contribution is -2.10. The fourth-order valence-corrected chi connectivity index (χ4v) is 1.88. The molecule has 90 valence electrons. The van der Waals surface area contributed by atoms with Crippen LogP contribution in [0.3, 0.4) is 0 Å². The van der Waals surface area contributed by atoms with Crippen LogP contribution in [0, 0.1) is 0 Å². The van der Waals surface area contributed by atoms with Crippen LogP contribution < -0.4 is 0 Å². The minimum Gasteiger partial charge on any atom is -0.393 e.